The molecule has 0 spiro atoms. The van der Waals surface area contributed by atoms with Gasteiger partial charge in [-0.2, -0.15) is 0 Å². The summed E-state index contributed by atoms with van der Waals surface area (Å²) < 4.78 is 1.77. The number of aromatic nitrogens is 3. The van der Waals surface area contributed by atoms with Crippen LogP contribution in [0, 0.1) is 12.8 Å². The van der Waals surface area contributed by atoms with Gasteiger partial charge < -0.3 is 11.1 Å². The zero-order chi connectivity index (χ0) is 17.6. The number of nitrogens with zero attached hydrogens (tertiary/aromatic N) is 3. The summed E-state index contributed by atoms with van der Waals surface area (Å²) in [5, 5.41) is 11.5. The van der Waals surface area contributed by atoms with Gasteiger partial charge in [0.05, 0.1) is 23.5 Å². The SMILES string of the molecule is Cc1c(CC(=O)NC(CN)C2CCCCC2)nnn1-c1ccccc1.Cl. The molecule has 0 aliphatic heterocycles. The first kappa shape index (κ1) is 20.4. The summed E-state index contributed by atoms with van der Waals surface area (Å²) in [7, 11) is 0. The first-order valence-electron chi connectivity index (χ1n) is 9.15. The van der Waals surface area contributed by atoms with Crippen LogP contribution in [0.1, 0.15) is 43.5 Å². The number of carbonyl (C=O) groups is 1. The summed E-state index contributed by atoms with van der Waals surface area (Å²) in [6.45, 7) is 2.43. The Balaban J connectivity index is 0.00000243. The number of benzene rings is 1. The van der Waals surface area contributed by atoms with Crippen LogP contribution >= 0.6 is 12.4 Å². The maximum atomic E-state index is 12.5. The fourth-order valence-electron chi connectivity index (χ4n) is 3.65. The summed E-state index contributed by atoms with van der Waals surface area (Å²) in [6.07, 6.45) is 6.32. The number of hydrogen-bond donors (Lipinski definition) is 2. The van der Waals surface area contributed by atoms with Crippen molar-refractivity contribution in [2.75, 3.05) is 6.54 Å². The van der Waals surface area contributed by atoms with Crippen molar-refractivity contribution in [3.8, 4) is 5.69 Å². The van der Waals surface area contributed by atoms with Crippen LogP contribution in [-0.2, 0) is 11.2 Å². The number of nitrogens with one attached hydrogen (secondary N) is 1. The third-order valence-corrected chi connectivity index (χ3v) is 5.14. The molecule has 26 heavy (non-hydrogen) atoms. The minimum absolute atomic E-state index is 0. The second-order valence-corrected chi connectivity index (χ2v) is 6.85. The molecule has 1 aliphatic carbocycles. The Morgan fingerprint density at radius 3 is 2.62 bits per heavy atom. The van der Waals surface area contributed by atoms with Crippen molar-refractivity contribution in [3.05, 3.63) is 41.7 Å². The van der Waals surface area contributed by atoms with E-state index in [2.05, 4.69) is 15.6 Å². The Morgan fingerprint density at radius 1 is 1.27 bits per heavy atom. The largest absolute Gasteiger partial charge is 0.351 e. The highest BCUT2D eigenvalue weighted by Gasteiger charge is 2.24. The lowest BCUT2D eigenvalue weighted by Gasteiger charge is -2.30. The van der Waals surface area contributed by atoms with Gasteiger partial charge in [-0.05, 0) is 37.8 Å². The molecule has 1 saturated carbocycles. The maximum absolute atomic E-state index is 12.5. The number of carbonyl (C=O) groups excluding carboxylic acids is 1. The molecule has 6 nitrogen and oxygen atoms in total. The van der Waals surface area contributed by atoms with Gasteiger partial charge in [-0.1, -0.05) is 42.7 Å². The number of halogens is 1. The number of nitrogens with two attached hydrogens (primary N) is 1. The third kappa shape index (κ3) is 4.83. The van der Waals surface area contributed by atoms with Crippen molar-refractivity contribution < 1.29 is 4.79 Å². The van der Waals surface area contributed by atoms with E-state index in [0.717, 1.165) is 24.2 Å². The Bertz CT molecular complexity index is 697. The van der Waals surface area contributed by atoms with Crippen molar-refractivity contribution in [2.45, 2.75) is 51.5 Å². The van der Waals surface area contributed by atoms with Crippen LogP contribution in [0.25, 0.3) is 5.69 Å². The smallest absolute Gasteiger partial charge is 0.226 e. The number of amides is 1. The van der Waals surface area contributed by atoms with E-state index in [9.17, 15) is 4.79 Å². The molecular formula is C19H28ClN5O. The maximum Gasteiger partial charge on any atom is 0.226 e. The van der Waals surface area contributed by atoms with Gasteiger partial charge in [-0.25, -0.2) is 4.68 Å². The zero-order valence-corrected chi connectivity index (χ0v) is 16.0. The molecule has 7 heteroatoms. The van der Waals surface area contributed by atoms with Gasteiger partial charge >= 0.3 is 0 Å². The van der Waals surface area contributed by atoms with Crippen molar-refractivity contribution in [2.24, 2.45) is 11.7 Å². The average molecular weight is 378 g/mol. The Kier molecular flexibility index (Phi) is 7.60. The van der Waals surface area contributed by atoms with Crippen molar-refractivity contribution in [3.63, 3.8) is 0 Å². The van der Waals surface area contributed by atoms with E-state index in [1.807, 2.05) is 37.3 Å². The van der Waals surface area contributed by atoms with Crippen LogP contribution < -0.4 is 11.1 Å². The molecule has 1 heterocycles. The highest BCUT2D eigenvalue weighted by molar-refractivity contribution is 5.85. The highest BCUT2D eigenvalue weighted by Crippen LogP contribution is 2.26. The van der Waals surface area contributed by atoms with Gasteiger partial charge in [0.1, 0.15) is 0 Å². The van der Waals surface area contributed by atoms with Gasteiger partial charge in [0.15, 0.2) is 0 Å². The van der Waals surface area contributed by atoms with E-state index in [1.165, 1.54) is 19.3 Å². The molecule has 0 saturated heterocycles. The molecule has 0 radical (unpaired) electrons. The first-order chi connectivity index (χ1) is 12.2. The van der Waals surface area contributed by atoms with Crippen molar-refractivity contribution in [1.82, 2.24) is 20.3 Å². The molecule has 1 unspecified atom stereocenters. The molecule has 1 amide bonds. The molecule has 1 aromatic heterocycles. The van der Waals surface area contributed by atoms with Crippen LogP contribution in [0.3, 0.4) is 0 Å². The molecule has 142 valence electrons. The summed E-state index contributed by atoms with van der Waals surface area (Å²) in [5.74, 6) is 0.480. The van der Waals surface area contributed by atoms with Crippen LogP contribution in [0.5, 0.6) is 0 Å². The quantitative estimate of drug-likeness (QED) is 0.810. The standard InChI is InChI=1S/C19H27N5O.ClH/c1-14-17(22-23-24(14)16-10-6-3-7-11-16)12-19(25)21-18(13-20)15-8-4-2-5-9-15;/h3,6-7,10-11,15,18H,2,4-5,8-9,12-13,20H2,1H3,(H,21,25);1H. The minimum atomic E-state index is -0.0239. The second-order valence-electron chi connectivity index (χ2n) is 6.85. The van der Waals surface area contributed by atoms with Gasteiger partial charge in [0.25, 0.3) is 0 Å². The fraction of sp³-hybridized carbons (Fsp3) is 0.526. The number of para-hydroxylation sites is 1. The Labute approximate surface area is 160 Å². The number of hydrogen-bond acceptors (Lipinski definition) is 4. The van der Waals surface area contributed by atoms with E-state index in [-0.39, 0.29) is 30.8 Å². The predicted octanol–water partition coefficient (Wildman–Crippen LogP) is 2.56. The highest BCUT2D eigenvalue weighted by atomic mass is 35.5. The lowest BCUT2D eigenvalue weighted by atomic mass is 9.84. The molecular weight excluding hydrogens is 350 g/mol. The molecule has 1 aromatic carbocycles. The first-order valence-corrected chi connectivity index (χ1v) is 9.15. The molecule has 2 aromatic rings. The van der Waals surface area contributed by atoms with Crippen LogP contribution in [-0.4, -0.2) is 33.5 Å². The predicted molar refractivity (Wildman–Crippen MR) is 105 cm³/mol. The summed E-state index contributed by atoms with van der Waals surface area (Å²) in [4.78, 5) is 12.5. The minimum Gasteiger partial charge on any atom is -0.351 e. The van der Waals surface area contributed by atoms with Crippen LogP contribution in [0.2, 0.25) is 0 Å². The fourth-order valence-corrected chi connectivity index (χ4v) is 3.65. The van der Waals surface area contributed by atoms with Crippen LogP contribution in [0.4, 0.5) is 0 Å². The van der Waals surface area contributed by atoms with Crippen molar-refractivity contribution in [1.29, 1.82) is 0 Å². The van der Waals surface area contributed by atoms with Gasteiger partial charge in [0.2, 0.25) is 5.91 Å². The van der Waals surface area contributed by atoms with Crippen molar-refractivity contribution >= 4 is 18.3 Å². The summed E-state index contributed by atoms with van der Waals surface area (Å²) in [5.41, 5.74) is 8.46. The topological polar surface area (TPSA) is 85.8 Å². The molecule has 1 aliphatic rings. The van der Waals surface area contributed by atoms with E-state index in [0.29, 0.717) is 18.2 Å². The molecule has 3 rings (SSSR count). The normalized spacial score (nSPS) is 15.9. The summed E-state index contributed by atoms with van der Waals surface area (Å²) in [6, 6.07) is 9.88. The lowest BCUT2D eigenvalue weighted by molar-refractivity contribution is -0.121. The number of rotatable bonds is 6. The monoisotopic (exact) mass is 377 g/mol. The van der Waals surface area contributed by atoms with Crippen LogP contribution in [0.15, 0.2) is 30.3 Å². The molecule has 3 N–H and O–H groups in total. The average Bonchev–Trinajstić information content (AvgIpc) is 3.01. The summed E-state index contributed by atoms with van der Waals surface area (Å²) >= 11 is 0. The molecule has 0 bridgehead atoms. The van der Waals surface area contributed by atoms with Gasteiger partial charge in [-0.15, -0.1) is 17.5 Å². The van der Waals surface area contributed by atoms with E-state index in [4.69, 9.17) is 5.73 Å². The van der Waals surface area contributed by atoms with Gasteiger partial charge in [-0.3, -0.25) is 4.79 Å². The Morgan fingerprint density at radius 2 is 1.96 bits per heavy atom. The lowest BCUT2D eigenvalue weighted by Crippen LogP contribution is -2.46. The van der Waals surface area contributed by atoms with Gasteiger partial charge in [0, 0.05) is 12.6 Å². The second kappa shape index (κ2) is 9.69. The molecule has 1 fully saturated rings. The zero-order valence-electron chi connectivity index (χ0n) is 15.2. The third-order valence-electron chi connectivity index (χ3n) is 5.14. The molecule has 1 atom stereocenters. The van der Waals surface area contributed by atoms with E-state index in [1.54, 1.807) is 4.68 Å². The Hall–Kier alpha value is -1.92. The van der Waals surface area contributed by atoms with E-state index < -0.39 is 0 Å². The van der Waals surface area contributed by atoms with E-state index >= 15 is 0 Å².